The zero-order chi connectivity index (χ0) is 20.1. The molecule has 28 heavy (non-hydrogen) atoms. The second-order valence-electron chi connectivity index (χ2n) is 7.26. The number of aromatic nitrogens is 4. The molecule has 8 heteroatoms. The molecule has 4 heterocycles. The van der Waals surface area contributed by atoms with Crippen molar-refractivity contribution in [1.82, 2.24) is 19.5 Å². The molecule has 0 fully saturated rings. The zero-order valence-electron chi connectivity index (χ0n) is 15.4. The molecular formula is C20H16F2N4O2. The van der Waals surface area contributed by atoms with Gasteiger partial charge in [0.05, 0.1) is 17.4 Å². The first-order valence-corrected chi connectivity index (χ1v) is 8.54. The summed E-state index contributed by atoms with van der Waals surface area (Å²) in [6.07, 6.45) is 3.35. The van der Waals surface area contributed by atoms with E-state index in [4.69, 9.17) is 4.74 Å². The molecule has 142 valence electrons. The van der Waals surface area contributed by atoms with Gasteiger partial charge in [0.15, 0.2) is 11.5 Å². The molecular weight excluding hydrogens is 366 g/mol. The smallest absolute Gasteiger partial charge is 0.420 e. The van der Waals surface area contributed by atoms with Gasteiger partial charge in [0, 0.05) is 34.8 Å². The normalized spacial score (nSPS) is 11.9. The van der Waals surface area contributed by atoms with Crippen molar-refractivity contribution in [2.75, 3.05) is 0 Å². The fourth-order valence-corrected chi connectivity index (χ4v) is 2.98. The van der Waals surface area contributed by atoms with Gasteiger partial charge in [-0.2, -0.15) is 4.39 Å². The van der Waals surface area contributed by atoms with Crippen LogP contribution in [0, 0.1) is 11.8 Å². The molecule has 0 radical (unpaired) electrons. The van der Waals surface area contributed by atoms with Gasteiger partial charge < -0.3 is 4.74 Å². The summed E-state index contributed by atoms with van der Waals surface area (Å²) in [6, 6.07) is 5.89. The Morgan fingerprint density at radius 3 is 2.64 bits per heavy atom. The molecule has 0 saturated heterocycles. The first kappa shape index (κ1) is 18.0. The lowest BCUT2D eigenvalue weighted by Crippen LogP contribution is -2.27. The van der Waals surface area contributed by atoms with Crippen molar-refractivity contribution in [3.05, 3.63) is 54.6 Å². The van der Waals surface area contributed by atoms with Gasteiger partial charge in [-0.05, 0) is 39.0 Å². The standard InChI is InChI=1S/C20H16F2N4O2/c1-20(2,3)28-19(27)26-16-6-7-23-9-13(16)11-4-5-15(25-18(11)26)12-8-17(22)24-10-14(12)21/h4-10H,1-3H3. The minimum Gasteiger partial charge on any atom is -0.443 e. The minimum absolute atomic E-state index is 0.0477. The van der Waals surface area contributed by atoms with Crippen molar-refractivity contribution in [3.63, 3.8) is 0 Å². The summed E-state index contributed by atoms with van der Waals surface area (Å²) in [7, 11) is 0. The molecule has 0 atom stereocenters. The monoisotopic (exact) mass is 382 g/mol. The summed E-state index contributed by atoms with van der Waals surface area (Å²) in [5.74, 6) is -1.54. The lowest BCUT2D eigenvalue weighted by Gasteiger charge is -2.20. The van der Waals surface area contributed by atoms with E-state index in [1.165, 1.54) is 4.57 Å². The summed E-state index contributed by atoms with van der Waals surface area (Å²) >= 11 is 0. The first-order valence-electron chi connectivity index (χ1n) is 8.54. The van der Waals surface area contributed by atoms with Crippen LogP contribution >= 0.6 is 0 Å². The second kappa shape index (κ2) is 6.33. The third kappa shape index (κ3) is 3.06. The fraction of sp³-hybridized carbons (Fsp3) is 0.200. The van der Waals surface area contributed by atoms with Gasteiger partial charge in [-0.1, -0.05) is 0 Å². The van der Waals surface area contributed by atoms with Gasteiger partial charge in [0.25, 0.3) is 0 Å². The molecule has 0 aliphatic rings. The first-order chi connectivity index (χ1) is 13.2. The largest absolute Gasteiger partial charge is 0.443 e. The number of hydrogen-bond acceptors (Lipinski definition) is 5. The van der Waals surface area contributed by atoms with E-state index >= 15 is 0 Å². The summed E-state index contributed by atoms with van der Waals surface area (Å²) in [5.41, 5.74) is 0.238. The predicted octanol–water partition coefficient (Wildman–Crippen LogP) is 4.71. The van der Waals surface area contributed by atoms with Crippen LogP contribution in [0.25, 0.3) is 33.2 Å². The van der Waals surface area contributed by atoms with E-state index < -0.39 is 23.5 Å². The van der Waals surface area contributed by atoms with E-state index in [0.29, 0.717) is 16.3 Å². The van der Waals surface area contributed by atoms with Crippen LogP contribution in [0.2, 0.25) is 0 Å². The van der Waals surface area contributed by atoms with Crippen LogP contribution in [-0.2, 0) is 4.74 Å². The molecule has 0 amide bonds. The Labute approximate surface area is 158 Å². The van der Waals surface area contributed by atoms with Gasteiger partial charge in [-0.15, -0.1) is 0 Å². The summed E-state index contributed by atoms with van der Waals surface area (Å²) in [4.78, 5) is 24.7. The molecule has 0 aliphatic heterocycles. The summed E-state index contributed by atoms with van der Waals surface area (Å²) in [6.45, 7) is 5.27. The number of ether oxygens (including phenoxy) is 1. The maximum atomic E-state index is 14.2. The molecule has 0 aromatic carbocycles. The number of nitrogens with zero attached hydrogens (tertiary/aromatic N) is 4. The number of carbonyl (C=O) groups is 1. The number of fused-ring (bicyclic) bond motifs is 3. The quantitative estimate of drug-likeness (QED) is 0.446. The zero-order valence-corrected chi connectivity index (χ0v) is 15.4. The Bertz CT molecular complexity index is 1230. The molecule has 6 nitrogen and oxygen atoms in total. The molecule has 0 saturated carbocycles. The lowest BCUT2D eigenvalue weighted by molar-refractivity contribution is 0.0550. The minimum atomic E-state index is -0.824. The third-order valence-electron chi connectivity index (χ3n) is 4.09. The van der Waals surface area contributed by atoms with Crippen LogP contribution in [0.15, 0.2) is 42.9 Å². The van der Waals surface area contributed by atoms with Crippen molar-refractivity contribution in [1.29, 1.82) is 0 Å². The highest BCUT2D eigenvalue weighted by atomic mass is 19.1. The van der Waals surface area contributed by atoms with E-state index in [2.05, 4.69) is 15.0 Å². The summed E-state index contributed by atoms with van der Waals surface area (Å²) < 4.78 is 34.5. The number of hydrogen-bond donors (Lipinski definition) is 0. The van der Waals surface area contributed by atoms with Crippen molar-refractivity contribution in [2.45, 2.75) is 26.4 Å². The van der Waals surface area contributed by atoms with E-state index in [0.717, 1.165) is 12.3 Å². The summed E-state index contributed by atoms with van der Waals surface area (Å²) in [5, 5.41) is 1.34. The molecule has 0 unspecified atom stereocenters. The molecule has 0 spiro atoms. The maximum Gasteiger partial charge on any atom is 0.420 e. The van der Waals surface area contributed by atoms with Crippen LogP contribution < -0.4 is 0 Å². The molecule has 4 aromatic heterocycles. The Hall–Kier alpha value is -3.42. The topological polar surface area (TPSA) is 69.9 Å². The van der Waals surface area contributed by atoms with Gasteiger partial charge in [0.1, 0.15) is 5.60 Å². The highest BCUT2D eigenvalue weighted by Gasteiger charge is 2.24. The predicted molar refractivity (Wildman–Crippen MR) is 99.8 cm³/mol. The van der Waals surface area contributed by atoms with Crippen molar-refractivity contribution >= 4 is 28.0 Å². The highest BCUT2D eigenvalue weighted by Crippen LogP contribution is 2.31. The van der Waals surface area contributed by atoms with Crippen molar-refractivity contribution < 1.29 is 18.3 Å². The fourth-order valence-electron chi connectivity index (χ4n) is 2.98. The second-order valence-corrected chi connectivity index (χ2v) is 7.26. The number of carbonyl (C=O) groups excluding carboxylic acids is 1. The van der Waals surface area contributed by atoms with Gasteiger partial charge >= 0.3 is 6.09 Å². The van der Waals surface area contributed by atoms with Crippen LogP contribution in [0.4, 0.5) is 13.6 Å². The molecule has 0 N–H and O–H groups in total. The maximum absolute atomic E-state index is 14.2. The average molecular weight is 382 g/mol. The highest BCUT2D eigenvalue weighted by molar-refractivity contribution is 6.11. The Balaban J connectivity index is 2.00. The third-order valence-corrected chi connectivity index (χ3v) is 4.09. The van der Waals surface area contributed by atoms with Crippen LogP contribution in [-0.4, -0.2) is 31.2 Å². The molecule has 4 rings (SSSR count). The van der Waals surface area contributed by atoms with Gasteiger partial charge in [0.2, 0.25) is 5.95 Å². The van der Waals surface area contributed by atoms with E-state index in [-0.39, 0.29) is 16.9 Å². The number of rotatable bonds is 1. The van der Waals surface area contributed by atoms with Gasteiger partial charge in [-0.3, -0.25) is 4.98 Å². The Kier molecular flexibility index (Phi) is 4.06. The number of halogens is 2. The SMILES string of the molecule is CC(C)(C)OC(=O)n1c2ccncc2c2ccc(-c3cc(F)ncc3F)nc21. The van der Waals surface area contributed by atoms with Crippen molar-refractivity contribution in [2.24, 2.45) is 0 Å². The van der Waals surface area contributed by atoms with Crippen molar-refractivity contribution in [3.8, 4) is 11.3 Å². The van der Waals surface area contributed by atoms with E-state index in [9.17, 15) is 13.6 Å². The number of pyridine rings is 3. The lowest BCUT2D eigenvalue weighted by atomic mass is 10.1. The van der Waals surface area contributed by atoms with Crippen LogP contribution in [0.3, 0.4) is 0 Å². The molecule has 4 aromatic rings. The molecule has 0 aliphatic carbocycles. The Morgan fingerprint density at radius 2 is 1.89 bits per heavy atom. The molecule has 0 bridgehead atoms. The van der Waals surface area contributed by atoms with Crippen LogP contribution in [0.5, 0.6) is 0 Å². The van der Waals surface area contributed by atoms with E-state index in [1.54, 1.807) is 51.4 Å². The Morgan fingerprint density at radius 1 is 1.11 bits per heavy atom. The van der Waals surface area contributed by atoms with Gasteiger partial charge in [-0.25, -0.2) is 23.7 Å². The van der Waals surface area contributed by atoms with E-state index in [1.807, 2.05) is 0 Å². The van der Waals surface area contributed by atoms with Crippen LogP contribution in [0.1, 0.15) is 20.8 Å². The average Bonchev–Trinajstić information content (AvgIpc) is 2.96.